The third-order valence-electron chi connectivity index (χ3n) is 4.00. The van der Waals surface area contributed by atoms with E-state index < -0.39 is 6.10 Å². The summed E-state index contributed by atoms with van der Waals surface area (Å²) in [5.74, 6) is -0.312. The Balaban J connectivity index is 1.83. The number of anilines is 1. The highest BCUT2D eigenvalue weighted by molar-refractivity contribution is 5.46. The lowest BCUT2D eigenvalue weighted by Gasteiger charge is -2.22. The Morgan fingerprint density at radius 3 is 2.96 bits per heavy atom. The van der Waals surface area contributed by atoms with E-state index in [0.717, 1.165) is 25.2 Å². The van der Waals surface area contributed by atoms with Crippen molar-refractivity contribution in [3.05, 3.63) is 41.7 Å². The molecule has 0 bridgehead atoms. The van der Waals surface area contributed by atoms with Crippen molar-refractivity contribution in [3.8, 4) is 0 Å². The number of nitrogens with zero attached hydrogens (tertiary/aromatic N) is 5. The maximum atomic E-state index is 14.0. The molecule has 23 heavy (non-hydrogen) atoms. The van der Waals surface area contributed by atoms with Gasteiger partial charge in [0.1, 0.15) is 6.10 Å². The predicted molar refractivity (Wildman–Crippen MR) is 85.6 cm³/mol. The molecule has 0 fully saturated rings. The van der Waals surface area contributed by atoms with Gasteiger partial charge < -0.3 is 14.9 Å². The van der Waals surface area contributed by atoms with Crippen LogP contribution in [-0.2, 0) is 13.1 Å². The Kier molecular flexibility index (Phi) is 4.58. The summed E-state index contributed by atoms with van der Waals surface area (Å²) in [7, 11) is 3.83. The minimum atomic E-state index is -0.615. The molecule has 1 atom stereocenters. The number of hydrogen-bond acceptors (Lipinski definition) is 5. The van der Waals surface area contributed by atoms with Crippen LogP contribution >= 0.6 is 0 Å². The number of aliphatic hydroxyl groups excluding tert-OH is 1. The first-order valence-electron chi connectivity index (χ1n) is 7.78. The van der Waals surface area contributed by atoms with Crippen molar-refractivity contribution in [3.63, 3.8) is 0 Å². The fourth-order valence-electron chi connectivity index (χ4n) is 2.92. The summed E-state index contributed by atoms with van der Waals surface area (Å²) in [6.07, 6.45) is 3.10. The van der Waals surface area contributed by atoms with Crippen LogP contribution in [0.15, 0.2) is 24.5 Å². The zero-order chi connectivity index (χ0) is 16.4. The van der Waals surface area contributed by atoms with Crippen molar-refractivity contribution < 1.29 is 9.50 Å². The fraction of sp³-hybridized carbons (Fsp3) is 0.500. The van der Waals surface area contributed by atoms with Gasteiger partial charge in [-0.3, -0.25) is 9.67 Å². The molecule has 0 amide bonds. The van der Waals surface area contributed by atoms with Gasteiger partial charge in [0.2, 0.25) is 0 Å². The molecule has 2 aromatic heterocycles. The quantitative estimate of drug-likeness (QED) is 0.924. The van der Waals surface area contributed by atoms with Gasteiger partial charge in [-0.2, -0.15) is 5.10 Å². The van der Waals surface area contributed by atoms with Crippen LogP contribution in [0.3, 0.4) is 0 Å². The third-order valence-corrected chi connectivity index (χ3v) is 4.00. The van der Waals surface area contributed by atoms with E-state index in [9.17, 15) is 9.50 Å². The maximum absolute atomic E-state index is 14.0. The van der Waals surface area contributed by atoms with Gasteiger partial charge in [-0.1, -0.05) is 0 Å². The minimum absolute atomic E-state index is 0.312. The molecular weight excluding hydrogens is 297 g/mol. The molecule has 7 heteroatoms. The molecule has 2 aromatic rings. The van der Waals surface area contributed by atoms with Gasteiger partial charge in [0.05, 0.1) is 29.8 Å². The standard InChI is InChI=1S/C16H22FN5O/c1-20(2)11-16(23)14-8-12-10-21(6-3-7-22(12)19-14)15-4-5-18-9-13(15)17/h4-5,8-9,16,23H,3,6-7,10-11H2,1-2H3/t16-/m0/s1. The van der Waals surface area contributed by atoms with Crippen molar-refractivity contribution in [2.75, 3.05) is 32.1 Å². The van der Waals surface area contributed by atoms with Crippen LogP contribution in [0.2, 0.25) is 0 Å². The van der Waals surface area contributed by atoms with Crippen LogP contribution in [0, 0.1) is 5.82 Å². The minimum Gasteiger partial charge on any atom is -0.385 e. The summed E-state index contributed by atoms with van der Waals surface area (Å²) in [6, 6.07) is 3.62. The number of aliphatic hydroxyl groups is 1. The van der Waals surface area contributed by atoms with Crippen molar-refractivity contribution in [2.45, 2.75) is 25.6 Å². The van der Waals surface area contributed by atoms with Gasteiger partial charge in [0.15, 0.2) is 5.82 Å². The molecular formula is C16H22FN5O. The Hall–Kier alpha value is -1.99. The number of aryl methyl sites for hydroxylation is 1. The van der Waals surface area contributed by atoms with E-state index in [2.05, 4.69) is 10.1 Å². The molecule has 124 valence electrons. The van der Waals surface area contributed by atoms with Crippen LogP contribution < -0.4 is 4.90 Å². The molecule has 0 saturated carbocycles. The zero-order valence-electron chi connectivity index (χ0n) is 13.5. The molecule has 1 aliphatic heterocycles. The molecule has 1 aliphatic rings. The molecule has 0 unspecified atom stereocenters. The first-order chi connectivity index (χ1) is 11.0. The summed E-state index contributed by atoms with van der Waals surface area (Å²) < 4.78 is 15.9. The second-order valence-electron chi connectivity index (χ2n) is 6.16. The van der Waals surface area contributed by atoms with Crippen molar-refractivity contribution in [2.24, 2.45) is 0 Å². The summed E-state index contributed by atoms with van der Waals surface area (Å²) in [6.45, 7) is 2.63. The number of likely N-dealkylation sites (N-methyl/N-ethyl adjacent to an activating group) is 1. The number of hydrogen-bond donors (Lipinski definition) is 1. The van der Waals surface area contributed by atoms with E-state index in [1.54, 1.807) is 12.3 Å². The predicted octanol–water partition coefficient (Wildman–Crippen LogP) is 1.42. The van der Waals surface area contributed by atoms with E-state index in [0.29, 0.717) is 24.5 Å². The van der Waals surface area contributed by atoms with Crippen molar-refractivity contribution in [1.29, 1.82) is 0 Å². The molecule has 0 spiro atoms. The SMILES string of the molecule is CN(C)C[C@H](O)c1cc2n(n1)CCCN(c1ccncc1F)C2. The van der Waals surface area contributed by atoms with Crippen LogP contribution in [0.25, 0.3) is 0 Å². The van der Waals surface area contributed by atoms with Gasteiger partial charge >= 0.3 is 0 Å². The largest absolute Gasteiger partial charge is 0.385 e. The second-order valence-corrected chi connectivity index (χ2v) is 6.16. The first-order valence-corrected chi connectivity index (χ1v) is 7.78. The summed E-state index contributed by atoms with van der Waals surface area (Å²) in [5, 5.41) is 14.8. The lowest BCUT2D eigenvalue weighted by Crippen LogP contribution is -2.23. The fourth-order valence-corrected chi connectivity index (χ4v) is 2.92. The number of aromatic nitrogens is 3. The van der Waals surface area contributed by atoms with E-state index in [4.69, 9.17) is 0 Å². The summed E-state index contributed by atoms with van der Waals surface area (Å²) in [4.78, 5) is 7.73. The van der Waals surface area contributed by atoms with Crippen LogP contribution in [0.4, 0.5) is 10.1 Å². The summed E-state index contributed by atoms with van der Waals surface area (Å²) in [5.41, 5.74) is 2.22. The highest BCUT2D eigenvalue weighted by Gasteiger charge is 2.21. The molecule has 0 aliphatic carbocycles. The lowest BCUT2D eigenvalue weighted by atomic mass is 10.2. The Bertz CT molecular complexity index is 672. The lowest BCUT2D eigenvalue weighted by molar-refractivity contribution is 0.133. The van der Waals surface area contributed by atoms with Gasteiger partial charge in [-0.15, -0.1) is 0 Å². The van der Waals surface area contributed by atoms with Crippen LogP contribution in [-0.4, -0.2) is 52.0 Å². The first kappa shape index (κ1) is 15.9. The second kappa shape index (κ2) is 6.64. The summed E-state index contributed by atoms with van der Waals surface area (Å²) >= 11 is 0. The van der Waals surface area contributed by atoms with Crippen molar-refractivity contribution >= 4 is 5.69 Å². The van der Waals surface area contributed by atoms with E-state index in [1.807, 2.05) is 34.6 Å². The van der Waals surface area contributed by atoms with Gasteiger partial charge in [0, 0.05) is 25.8 Å². The number of halogens is 1. The average molecular weight is 319 g/mol. The number of rotatable bonds is 4. The third kappa shape index (κ3) is 3.51. The number of pyridine rings is 1. The molecule has 3 rings (SSSR count). The van der Waals surface area contributed by atoms with Gasteiger partial charge in [0.25, 0.3) is 0 Å². The van der Waals surface area contributed by atoms with Gasteiger partial charge in [-0.05, 0) is 32.6 Å². The number of fused-ring (bicyclic) bond motifs is 1. The zero-order valence-corrected chi connectivity index (χ0v) is 13.5. The monoisotopic (exact) mass is 319 g/mol. The topological polar surface area (TPSA) is 57.4 Å². The van der Waals surface area contributed by atoms with Crippen LogP contribution in [0.5, 0.6) is 0 Å². The molecule has 0 radical (unpaired) electrons. The van der Waals surface area contributed by atoms with Gasteiger partial charge in [-0.25, -0.2) is 4.39 Å². The molecule has 0 aromatic carbocycles. The average Bonchev–Trinajstić information content (AvgIpc) is 2.80. The van der Waals surface area contributed by atoms with Crippen molar-refractivity contribution in [1.82, 2.24) is 19.7 Å². The van der Waals surface area contributed by atoms with E-state index in [1.165, 1.54) is 6.20 Å². The Labute approximate surface area is 135 Å². The van der Waals surface area contributed by atoms with E-state index in [-0.39, 0.29) is 5.82 Å². The maximum Gasteiger partial charge on any atom is 0.164 e. The van der Waals surface area contributed by atoms with Crippen LogP contribution in [0.1, 0.15) is 23.9 Å². The normalized spacial score (nSPS) is 16.3. The molecule has 6 nitrogen and oxygen atoms in total. The smallest absolute Gasteiger partial charge is 0.164 e. The van der Waals surface area contributed by atoms with E-state index >= 15 is 0 Å². The molecule has 0 saturated heterocycles. The molecule has 3 heterocycles. The molecule has 1 N–H and O–H groups in total. The Morgan fingerprint density at radius 1 is 1.39 bits per heavy atom. The Morgan fingerprint density at radius 2 is 2.22 bits per heavy atom. The highest BCUT2D eigenvalue weighted by atomic mass is 19.1. The highest BCUT2D eigenvalue weighted by Crippen LogP contribution is 2.24.